The van der Waals surface area contributed by atoms with E-state index in [-0.39, 0.29) is 19.1 Å². The Kier molecular flexibility index (Phi) is 7.37. The first kappa shape index (κ1) is 28.1. The summed E-state index contributed by atoms with van der Waals surface area (Å²) in [6.07, 6.45) is 1.13. The average molecular weight is 563 g/mol. The van der Waals surface area contributed by atoms with E-state index >= 15 is 0 Å². The van der Waals surface area contributed by atoms with Crippen molar-refractivity contribution < 1.29 is 31.1 Å². The van der Waals surface area contributed by atoms with Crippen LogP contribution < -0.4 is 5.32 Å². The zero-order chi connectivity index (χ0) is 28.7. The predicted molar refractivity (Wildman–Crippen MR) is 152 cm³/mol. The molecule has 0 aromatic heterocycles. The molecule has 1 fully saturated rings. The monoisotopic (exact) mass is 563 g/mol. The van der Waals surface area contributed by atoms with Gasteiger partial charge in [0.15, 0.2) is 0 Å². The summed E-state index contributed by atoms with van der Waals surface area (Å²) in [7, 11) is -5.58. The van der Waals surface area contributed by atoms with Crippen molar-refractivity contribution in [3.8, 4) is 11.1 Å². The molecule has 40 heavy (non-hydrogen) atoms. The third-order valence-corrected chi connectivity index (χ3v) is 8.69. The quantitative estimate of drug-likeness (QED) is 0.285. The van der Waals surface area contributed by atoms with Crippen molar-refractivity contribution in [1.29, 1.82) is 0 Å². The molecule has 10 heteroatoms. The lowest BCUT2D eigenvalue weighted by Gasteiger charge is -2.32. The topological polar surface area (TPSA) is 90.9 Å². The van der Waals surface area contributed by atoms with Crippen LogP contribution in [0.5, 0.6) is 0 Å². The summed E-state index contributed by atoms with van der Waals surface area (Å²) in [5, 5.41) is 2.80. The number of benzene rings is 3. The molecule has 7 nitrogen and oxygen atoms in total. The Balaban J connectivity index is 1.31. The molecule has 1 amide bonds. The number of nitrogens with one attached hydrogen (secondary N) is 1. The molecule has 1 aliphatic heterocycles. The molecular weight excluding hydrogens is 532 g/mol. The van der Waals surface area contributed by atoms with Gasteiger partial charge < -0.3 is 19.4 Å². The van der Waals surface area contributed by atoms with Crippen molar-refractivity contribution in [2.24, 2.45) is 0 Å². The van der Waals surface area contributed by atoms with Crippen LogP contribution in [0.2, 0.25) is 0 Å². The highest BCUT2D eigenvalue weighted by Crippen LogP contribution is 2.44. The Morgan fingerprint density at radius 3 is 1.98 bits per heavy atom. The van der Waals surface area contributed by atoms with Crippen LogP contribution in [0.1, 0.15) is 50.3 Å². The molecular formula is C30H31BFNO6S. The van der Waals surface area contributed by atoms with Crippen LogP contribution in [-0.4, -0.2) is 46.0 Å². The van der Waals surface area contributed by atoms with E-state index in [1.807, 2.05) is 52.0 Å². The lowest BCUT2D eigenvalue weighted by Crippen LogP contribution is -2.41. The Hall–Kier alpha value is -3.47. The highest BCUT2D eigenvalue weighted by molar-refractivity contribution is 7.86. The first-order valence-corrected chi connectivity index (χ1v) is 14.4. The maximum atomic E-state index is 13.3. The summed E-state index contributed by atoms with van der Waals surface area (Å²) < 4.78 is 53.8. The van der Waals surface area contributed by atoms with Gasteiger partial charge in [0, 0.05) is 12.5 Å². The van der Waals surface area contributed by atoms with Gasteiger partial charge >= 0.3 is 23.4 Å². The predicted octanol–water partition coefficient (Wildman–Crippen LogP) is 5.90. The summed E-state index contributed by atoms with van der Waals surface area (Å²) in [5.74, 6) is -0.0680. The number of carbonyl (C=O) groups is 1. The second-order valence-electron chi connectivity index (χ2n) is 11.0. The van der Waals surface area contributed by atoms with Crippen LogP contribution >= 0.6 is 0 Å². The van der Waals surface area contributed by atoms with Crippen molar-refractivity contribution in [3.63, 3.8) is 0 Å². The number of ether oxygens (including phenoxy) is 1. The number of hydrogen-bond donors (Lipinski definition) is 1. The molecule has 0 radical (unpaired) electrons. The van der Waals surface area contributed by atoms with Crippen LogP contribution in [-0.2, 0) is 24.3 Å². The number of carbonyl (C=O) groups excluding carboxylic acids is 1. The molecule has 3 aromatic rings. The Bertz CT molecular complexity index is 1510. The lowest BCUT2D eigenvalue weighted by molar-refractivity contribution is 0.00578. The molecule has 0 bridgehead atoms. The highest BCUT2D eigenvalue weighted by Gasteiger charge is 2.52. The summed E-state index contributed by atoms with van der Waals surface area (Å²) in [5.41, 5.74) is 4.46. The minimum atomic E-state index is -4.81. The third-order valence-electron chi connectivity index (χ3n) is 7.85. The summed E-state index contributed by atoms with van der Waals surface area (Å²) >= 11 is 0. The van der Waals surface area contributed by atoms with Gasteiger partial charge in [0.05, 0.1) is 16.1 Å². The van der Waals surface area contributed by atoms with Crippen molar-refractivity contribution >= 4 is 29.5 Å². The van der Waals surface area contributed by atoms with E-state index < -0.39 is 39.5 Å². The molecule has 2 aliphatic rings. The highest BCUT2D eigenvalue weighted by atomic mass is 32.3. The van der Waals surface area contributed by atoms with E-state index in [1.54, 1.807) is 6.08 Å². The van der Waals surface area contributed by atoms with E-state index in [1.165, 1.54) is 24.3 Å². The van der Waals surface area contributed by atoms with Gasteiger partial charge in [-0.3, -0.25) is 0 Å². The van der Waals surface area contributed by atoms with Crippen molar-refractivity contribution in [2.75, 3.05) is 13.2 Å². The van der Waals surface area contributed by atoms with Gasteiger partial charge in [-0.1, -0.05) is 66.7 Å². The van der Waals surface area contributed by atoms with Crippen LogP contribution in [0.4, 0.5) is 8.68 Å². The molecule has 0 saturated carbocycles. The van der Waals surface area contributed by atoms with Crippen LogP contribution in [0.3, 0.4) is 0 Å². The minimum absolute atomic E-state index is 0.0522. The van der Waals surface area contributed by atoms with Gasteiger partial charge in [-0.15, -0.1) is 3.89 Å². The second kappa shape index (κ2) is 10.5. The fourth-order valence-electron chi connectivity index (χ4n) is 4.96. The molecule has 3 aromatic carbocycles. The van der Waals surface area contributed by atoms with E-state index in [4.69, 9.17) is 14.0 Å². The van der Waals surface area contributed by atoms with Gasteiger partial charge in [0.1, 0.15) is 6.61 Å². The van der Waals surface area contributed by atoms with Gasteiger partial charge in [-0.2, -0.15) is 8.42 Å². The third kappa shape index (κ3) is 5.57. The van der Waals surface area contributed by atoms with Crippen LogP contribution in [0.25, 0.3) is 17.2 Å². The first-order valence-electron chi connectivity index (χ1n) is 13.1. The lowest BCUT2D eigenvalue weighted by atomic mass is 9.77. The molecule has 1 heterocycles. The molecule has 0 spiro atoms. The summed E-state index contributed by atoms with van der Waals surface area (Å²) in [4.78, 5) is 12.4. The fourth-order valence-corrected chi connectivity index (χ4v) is 5.42. The Labute approximate surface area is 234 Å². The number of amides is 1. The molecule has 1 N–H and O–H groups in total. The number of fused-ring (bicyclic) bond motifs is 3. The Morgan fingerprint density at radius 2 is 1.45 bits per heavy atom. The van der Waals surface area contributed by atoms with Gasteiger partial charge in [-0.05, 0) is 73.1 Å². The van der Waals surface area contributed by atoms with Gasteiger partial charge in [0.2, 0.25) is 0 Å². The average Bonchev–Trinajstić information content (AvgIpc) is 3.34. The first-order chi connectivity index (χ1) is 18.9. The van der Waals surface area contributed by atoms with Gasteiger partial charge in [0.25, 0.3) is 0 Å². The van der Waals surface area contributed by atoms with Crippen molar-refractivity contribution in [2.45, 2.75) is 49.7 Å². The molecule has 1 saturated heterocycles. The molecule has 0 atom stereocenters. The minimum Gasteiger partial charge on any atom is -0.449 e. The number of hydrogen-bond acceptors (Lipinski definition) is 6. The second-order valence-corrected chi connectivity index (χ2v) is 12.3. The fraction of sp³-hybridized carbons (Fsp3) is 0.300. The maximum absolute atomic E-state index is 13.3. The van der Waals surface area contributed by atoms with Crippen LogP contribution in [0, 0.1) is 0 Å². The van der Waals surface area contributed by atoms with E-state index in [0.717, 1.165) is 22.3 Å². The summed E-state index contributed by atoms with van der Waals surface area (Å²) in [6.45, 7) is 7.91. The zero-order valence-electron chi connectivity index (χ0n) is 22.8. The summed E-state index contributed by atoms with van der Waals surface area (Å²) in [6, 6.07) is 21.5. The van der Waals surface area contributed by atoms with Crippen LogP contribution in [0.15, 0.2) is 83.2 Å². The zero-order valence-corrected chi connectivity index (χ0v) is 23.6. The molecule has 5 rings (SSSR count). The maximum Gasteiger partial charge on any atom is 0.492 e. The van der Waals surface area contributed by atoms with E-state index in [0.29, 0.717) is 11.0 Å². The van der Waals surface area contributed by atoms with E-state index in [9.17, 15) is 17.1 Å². The largest absolute Gasteiger partial charge is 0.492 e. The smallest absolute Gasteiger partial charge is 0.449 e. The van der Waals surface area contributed by atoms with E-state index in [2.05, 4.69) is 29.6 Å². The Morgan fingerprint density at radius 1 is 0.925 bits per heavy atom. The standard InChI is InChI=1S/C30H31BFNO6S/c1-29(2)30(3,4)39-31(38-29)21(17-20-13-15-22(16-14-20)40(32,35)36)18-33-28(34)37-19-27-25-11-7-5-9-23(25)24-10-6-8-12-26(24)27/h5-17,27H,18-19H2,1-4H3,(H,33,34). The SMILES string of the molecule is CC1(C)OB(C(=Cc2ccc(S(=O)(=O)F)cc2)CNC(=O)OCC2c3ccccc3-c3ccccc32)OC1(C)C. The van der Waals surface area contributed by atoms with Crippen molar-refractivity contribution in [1.82, 2.24) is 5.32 Å². The number of halogens is 1. The number of alkyl carbamates (subject to hydrolysis) is 1. The molecule has 0 unspecified atom stereocenters. The van der Waals surface area contributed by atoms with Crippen molar-refractivity contribution in [3.05, 3.63) is 95.0 Å². The molecule has 1 aliphatic carbocycles. The molecule has 208 valence electrons. The number of rotatable bonds is 7. The van der Waals surface area contributed by atoms with Gasteiger partial charge in [-0.25, -0.2) is 4.79 Å². The normalized spacial score (nSPS) is 17.8.